The molecule has 0 saturated carbocycles. The van der Waals surface area contributed by atoms with E-state index in [4.69, 9.17) is 4.42 Å². The van der Waals surface area contributed by atoms with Crippen molar-refractivity contribution in [1.29, 1.82) is 0 Å². The van der Waals surface area contributed by atoms with Gasteiger partial charge < -0.3 is 8.98 Å². The number of para-hydroxylation sites is 1. The molecule has 0 aliphatic heterocycles. The summed E-state index contributed by atoms with van der Waals surface area (Å²) in [6.07, 6.45) is 0. The Kier molecular flexibility index (Phi) is 7.13. The smallest absolute Gasteiger partial charge is 0.159 e. The Morgan fingerprint density at radius 3 is 1.53 bits per heavy atom. The van der Waals surface area contributed by atoms with E-state index in [0.717, 1.165) is 49.8 Å². The van der Waals surface area contributed by atoms with Gasteiger partial charge in [-0.3, -0.25) is 0 Å². The van der Waals surface area contributed by atoms with Crippen molar-refractivity contribution in [2.45, 2.75) is 0 Å². The van der Waals surface area contributed by atoms with Crippen LogP contribution in [0.3, 0.4) is 0 Å². The summed E-state index contributed by atoms with van der Waals surface area (Å²) in [6, 6.07) is 72.6. The van der Waals surface area contributed by atoms with Gasteiger partial charge in [-0.25, -0.2) is 0 Å². The molecule has 0 fully saturated rings. The molecule has 0 amide bonds. The van der Waals surface area contributed by atoms with Gasteiger partial charge in [0.15, 0.2) is 5.58 Å². The third-order valence-electron chi connectivity index (χ3n) is 11.6. The molecule has 0 spiro atoms. The minimum absolute atomic E-state index is 0.874. The number of furan rings is 1. The number of benzene rings is 9. The van der Waals surface area contributed by atoms with E-state index in [0.29, 0.717) is 0 Å². The van der Waals surface area contributed by atoms with Crippen LogP contribution in [0.25, 0.3) is 114 Å². The average molecular weight is 744 g/mol. The third-order valence-corrected chi connectivity index (χ3v) is 12.7. The normalized spacial score (nSPS) is 11.9. The third kappa shape index (κ3) is 5.10. The van der Waals surface area contributed by atoms with Gasteiger partial charge in [-0.2, -0.15) is 0 Å². The number of hydrogen-bond acceptors (Lipinski definition) is 2. The highest BCUT2D eigenvalue weighted by molar-refractivity contribution is 7.25. The van der Waals surface area contributed by atoms with Gasteiger partial charge in [0.2, 0.25) is 0 Å². The topological polar surface area (TPSA) is 18.1 Å². The van der Waals surface area contributed by atoms with Crippen LogP contribution in [0, 0.1) is 0 Å². The van der Waals surface area contributed by atoms with E-state index in [-0.39, 0.29) is 0 Å². The van der Waals surface area contributed by atoms with Crippen molar-refractivity contribution >= 4 is 75.3 Å². The summed E-state index contributed by atoms with van der Waals surface area (Å²) >= 11 is 1.85. The lowest BCUT2D eigenvalue weighted by molar-refractivity contribution is 0.667. The molecule has 0 unspecified atom stereocenters. The van der Waals surface area contributed by atoms with Gasteiger partial charge >= 0.3 is 0 Å². The summed E-state index contributed by atoms with van der Waals surface area (Å²) in [7, 11) is 0. The Labute approximate surface area is 333 Å². The summed E-state index contributed by atoms with van der Waals surface area (Å²) in [5, 5.41) is 7.23. The molecule has 2 nitrogen and oxygen atoms in total. The molecule has 0 saturated heterocycles. The standard InChI is InChI=1S/C54H33NOS/c1-4-13-34(14-5-1)37-23-26-48-44(29-37)45-30-38(35-15-6-2-7-16-35)24-27-49(45)55(48)50-21-12-20-42-47-33-40(32-43(53(47)56-54(42)50)36-17-8-3-9-18-36)39-25-28-52-46(31-39)41-19-10-11-22-51(41)57-52/h1-33H. The minimum Gasteiger partial charge on any atom is -0.453 e. The van der Waals surface area contributed by atoms with E-state index in [1.54, 1.807) is 0 Å². The van der Waals surface area contributed by atoms with Crippen molar-refractivity contribution in [1.82, 2.24) is 4.57 Å². The molecule has 3 heteroatoms. The lowest BCUT2D eigenvalue weighted by atomic mass is 9.95. The predicted molar refractivity (Wildman–Crippen MR) is 243 cm³/mol. The van der Waals surface area contributed by atoms with Gasteiger partial charge in [-0.1, -0.05) is 140 Å². The van der Waals surface area contributed by atoms with Crippen LogP contribution in [0.1, 0.15) is 0 Å². The van der Waals surface area contributed by atoms with Crippen LogP contribution in [0.4, 0.5) is 0 Å². The second-order valence-corrected chi connectivity index (χ2v) is 15.9. The highest BCUT2D eigenvalue weighted by atomic mass is 32.1. The molecule has 266 valence electrons. The zero-order chi connectivity index (χ0) is 37.5. The van der Waals surface area contributed by atoms with E-state index in [1.807, 2.05) is 11.3 Å². The van der Waals surface area contributed by atoms with E-state index in [2.05, 4.69) is 205 Å². The zero-order valence-electron chi connectivity index (χ0n) is 30.8. The summed E-state index contributed by atoms with van der Waals surface area (Å²) in [6.45, 7) is 0. The second kappa shape index (κ2) is 12.7. The largest absolute Gasteiger partial charge is 0.453 e. The van der Waals surface area contributed by atoms with Gasteiger partial charge in [0.1, 0.15) is 5.58 Å². The van der Waals surface area contributed by atoms with Gasteiger partial charge in [0.05, 0.1) is 16.7 Å². The van der Waals surface area contributed by atoms with Crippen LogP contribution in [-0.4, -0.2) is 4.57 Å². The molecule has 12 aromatic rings. The fourth-order valence-corrected chi connectivity index (χ4v) is 9.96. The zero-order valence-corrected chi connectivity index (χ0v) is 31.6. The summed E-state index contributed by atoms with van der Waals surface area (Å²) < 4.78 is 12.2. The number of aromatic nitrogens is 1. The minimum atomic E-state index is 0.874. The number of hydrogen-bond donors (Lipinski definition) is 0. The number of fused-ring (bicyclic) bond motifs is 9. The SMILES string of the molecule is c1ccc(-c2ccc3c(c2)c2cc(-c4ccccc4)ccc2n3-c2cccc3c2oc2c(-c4ccccc4)cc(-c4ccc5sc6ccccc6c5c4)cc23)cc1. The van der Waals surface area contributed by atoms with Gasteiger partial charge in [-0.05, 0) is 99.6 Å². The van der Waals surface area contributed by atoms with Crippen LogP contribution in [0.15, 0.2) is 205 Å². The van der Waals surface area contributed by atoms with Crippen LogP contribution in [0.2, 0.25) is 0 Å². The fourth-order valence-electron chi connectivity index (χ4n) is 8.87. The molecule has 3 heterocycles. The first kappa shape index (κ1) is 32.1. The first-order valence-electron chi connectivity index (χ1n) is 19.4. The van der Waals surface area contributed by atoms with E-state index < -0.39 is 0 Å². The first-order valence-corrected chi connectivity index (χ1v) is 20.2. The monoisotopic (exact) mass is 743 g/mol. The van der Waals surface area contributed by atoms with E-state index in [1.165, 1.54) is 64.3 Å². The first-order chi connectivity index (χ1) is 28.2. The molecule has 0 bridgehead atoms. The molecule has 0 radical (unpaired) electrons. The maximum atomic E-state index is 7.16. The van der Waals surface area contributed by atoms with Crippen LogP contribution in [-0.2, 0) is 0 Å². The highest BCUT2D eigenvalue weighted by Gasteiger charge is 2.21. The molecule has 0 atom stereocenters. The average Bonchev–Trinajstić information content (AvgIpc) is 3.96. The van der Waals surface area contributed by atoms with E-state index >= 15 is 0 Å². The lowest BCUT2D eigenvalue weighted by Crippen LogP contribution is -1.94. The quantitative estimate of drug-likeness (QED) is 0.172. The molecule has 3 aromatic heterocycles. The van der Waals surface area contributed by atoms with Crippen LogP contribution in [0.5, 0.6) is 0 Å². The Bertz CT molecular complexity index is 3400. The fraction of sp³-hybridized carbons (Fsp3) is 0. The number of rotatable bonds is 5. The summed E-state index contributed by atoms with van der Waals surface area (Å²) in [4.78, 5) is 0. The van der Waals surface area contributed by atoms with Gasteiger partial charge in [0, 0.05) is 47.3 Å². The molecule has 57 heavy (non-hydrogen) atoms. The maximum absolute atomic E-state index is 7.16. The summed E-state index contributed by atoms with van der Waals surface area (Å²) in [5.74, 6) is 0. The van der Waals surface area contributed by atoms with Gasteiger partial charge in [0.25, 0.3) is 0 Å². The molecular weight excluding hydrogens is 711 g/mol. The van der Waals surface area contributed by atoms with Crippen molar-refractivity contribution in [3.8, 4) is 50.2 Å². The maximum Gasteiger partial charge on any atom is 0.159 e. The Hall–Kier alpha value is -7.20. The van der Waals surface area contributed by atoms with Crippen molar-refractivity contribution < 1.29 is 4.42 Å². The number of thiophene rings is 1. The predicted octanol–water partition coefficient (Wildman–Crippen LogP) is 15.7. The molecule has 0 aliphatic carbocycles. The van der Waals surface area contributed by atoms with Gasteiger partial charge in [-0.15, -0.1) is 11.3 Å². The van der Waals surface area contributed by atoms with Crippen molar-refractivity contribution in [2.24, 2.45) is 0 Å². The summed E-state index contributed by atoms with van der Waals surface area (Å²) in [5.41, 5.74) is 14.5. The van der Waals surface area contributed by atoms with Crippen LogP contribution < -0.4 is 0 Å². The molecule has 0 aliphatic rings. The Balaban J connectivity index is 1.12. The van der Waals surface area contributed by atoms with Crippen molar-refractivity contribution in [2.75, 3.05) is 0 Å². The molecule has 9 aromatic carbocycles. The number of nitrogens with zero attached hydrogens (tertiary/aromatic N) is 1. The van der Waals surface area contributed by atoms with Crippen molar-refractivity contribution in [3.63, 3.8) is 0 Å². The molecular formula is C54H33NOS. The van der Waals surface area contributed by atoms with Crippen molar-refractivity contribution in [3.05, 3.63) is 200 Å². The van der Waals surface area contributed by atoms with Crippen LogP contribution >= 0.6 is 11.3 Å². The second-order valence-electron chi connectivity index (χ2n) is 14.9. The lowest BCUT2D eigenvalue weighted by Gasteiger charge is -2.09. The molecule has 0 N–H and O–H groups in total. The highest BCUT2D eigenvalue weighted by Crippen LogP contribution is 2.45. The molecule has 12 rings (SSSR count). The Morgan fingerprint density at radius 1 is 0.316 bits per heavy atom. The Morgan fingerprint density at radius 2 is 0.842 bits per heavy atom. The van der Waals surface area contributed by atoms with E-state index in [9.17, 15) is 0 Å².